The van der Waals surface area contributed by atoms with Crippen LogP contribution in [0.4, 0.5) is 0 Å². The quantitative estimate of drug-likeness (QED) is 0.411. The molecule has 0 saturated carbocycles. The maximum atomic E-state index is 14.0. The molecule has 3 unspecified atom stereocenters. The number of aliphatic carboxylic acids is 1. The predicted octanol–water partition coefficient (Wildman–Crippen LogP) is 5.99. The topological polar surface area (TPSA) is 91.8 Å². The number of sulfone groups is 1. The molecule has 1 aliphatic rings. The number of hydrogen-bond acceptors (Lipinski definition) is 4. The van der Waals surface area contributed by atoms with Gasteiger partial charge in [-0.25, -0.2) is 8.42 Å². The van der Waals surface area contributed by atoms with Gasteiger partial charge in [-0.15, -0.1) is 0 Å². The molecule has 0 radical (unpaired) electrons. The van der Waals surface area contributed by atoms with Gasteiger partial charge in [0.05, 0.1) is 23.5 Å². The number of nitrogens with zero attached hydrogens (tertiary/aromatic N) is 1. The lowest BCUT2D eigenvalue weighted by molar-refractivity contribution is -0.152. The van der Waals surface area contributed by atoms with E-state index in [1.54, 1.807) is 36.9 Å². The summed E-state index contributed by atoms with van der Waals surface area (Å²) in [5, 5.41) is 10.1. The minimum absolute atomic E-state index is 0.194. The third-order valence-electron chi connectivity index (χ3n) is 6.98. The molecule has 0 bridgehead atoms. The fourth-order valence-electron chi connectivity index (χ4n) is 4.96. The molecular weight excluding hydrogens is 521 g/mol. The van der Waals surface area contributed by atoms with E-state index in [9.17, 15) is 23.1 Å². The molecule has 1 aliphatic heterocycles. The van der Waals surface area contributed by atoms with Crippen LogP contribution in [0.3, 0.4) is 0 Å². The summed E-state index contributed by atoms with van der Waals surface area (Å²) in [7, 11) is -3.51. The highest BCUT2D eigenvalue weighted by atomic mass is 35.5. The number of rotatable bonds is 9. The summed E-state index contributed by atoms with van der Waals surface area (Å²) in [6.07, 6.45) is -0.0293. The highest BCUT2D eigenvalue weighted by molar-refractivity contribution is 7.92. The van der Waals surface area contributed by atoms with Gasteiger partial charge in [0, 0.05) is 27.9 Å². The molecule has 1 N–H and O–H groups in total. The summed E-state index contributed by atoms with van der Waals surface area (Å²) < 4.78 is 26.1. The van der Waals surface area contributed by atoms with Crippen LogP contribution in [0.2, 0.25) is 10.0 Å². The van der Waals surface area contributed by atoms with Gasteiger partial charge in [0.15, 0.2) is 9.84 Å². The Kier molecular flexibility index (Phi) is 9.12. The van der Waals surface area contributed by atoms with E-state index in [0.29, 0.717) is 16.5 Å². The fourth-order valence-corrected chi connectivity index (χ4v) is 6.69. The smallest absolute Gasteiger partial charge is 0.304 e. The van der Waals surface area contributed by atoms with Gasteiger partial charge in [0.25, 0.3) is 0 Å². The molecular formula is C27H33Cl2NO5S. The molecule has 1 amide bonds. The van der Waals surface area contributed by atoms with Gasteiger partial charge in [0.1, 0.15) is 0 Å². The van der Waals surface area contributed by atoms with Crippen LogP contribution in [0.1, 0.15) is 63.6 Å². The molecule has 196 valence electrons. The van der Waals surface area contributed by atoms with Gasteiger partial charge in [0.2, 0.25) is 5.91 Å². The minimum Gasteiger partial charge on any atom is -0.481 e. The van der Waals surface area contributed by atoms with Crippen LogP contribution in [-0.2, 0) is 19.4 Å². The Morgan fingerprint density at radius 2 is 1.67 bits per heavy atom. The van der Waals surface area contributed by atoms with Crippen molar-refractivity contribution in [1.29, 1.82) is 0 Å². The number of piperidine rings is 1. The number of likely N-dealkylation sites (tertiary alicyclic amines) is 1. The van der Waals surface area contributed by atoms with E-state index in [0.717, 1.165) is 11.1 Å². The summed E-state index contributed by atoms with van der Waals surface area (Å²) in [6.45, 7) is 7.04. The maximum absolute atomic E-state index is 14.0. The van der Waals surface area contributed by atoms with Gasteiger partial charge in [-0.3, -0.25) is 9.59 Å². The third-order valence-corrected chi connectivity index (χ3v) is 9.71. The Morgan fingerprint density at radius 1 is 1.03 bits per heavy atom. The third kappa shape index (κ3) is 6.42. The first kappa shape index (κ1) is 28.5. The van der Waals surface area contributed by atoms with Crippen molar-refractivity contribution in [2.24, 2.45) is 11.8 Å². The SMILES string of the molecule is CC(C)[C@@H](CS(=O)(=O)C(C)C)N1C(=O)C(CC(=O)O)CC(c2cccc(Cl)c2)C1c1ccc(Cl)cc1. The number of carbonyl (C=O) groups excluding carboxylic acids is 1. The lowest BCUT2D eigenvalue weighted by Gasteiger charge is -2.49. The van der Waals surface area contributed by atoms with Gasteiger partial charge < -0.3 is 10.0 Å². The zero-order valence-electron chi connectivity index (χ0n) is 20.9. The maximum Gasteiger partial charge on any atom is 0.304 e. The average molecular weight is 555 g/mol. The van der Waals surface area contributed by atoms with Crippen LogP contribution in [-0.4, -0.2) is 47.3 Å². The average Bonchev–Trinajstić information content (AvgIpc) is 2.79. The molecule has 36 heavy (non-hydrogen) atoms. The molecule has 2 aromatic rings. The summed E-state index contributed by atoms with van der Waals surface area (Å²) >= 11 is 12.5. The summed E-state index contributed by atoms with van der Waals surface area (Å²) in [5.41, 5.74) is 1.67. The molecule has 9 heteroatoms. The van der Waals surface area contributed by atoms with Crippen molar-refractivity contribution in [1.82, 2.24) is 4.90 Å². The van der Waals surface area contributed by atoms with Crippen LogP contribution in [0, 0.1) is 11.8 Å². The van der Waals surface area contributed by atoms with E-state index < -0.39 is 39.1 Å². The van der Waals surface area contributed by atoms with Crippen LogP contribution in [0.25, 0.3) is 0 Å². The zero-order valence-corrected chi connectivity index (χ0v) is 23.2. The number of amides is 1. The molecule has 4 atom stereocenters. The summed E-state index contributed by atoms with van der Waals surface area (Å²) in [6, 6.07) is 13.3. The van der Waals surface area contributed by atoms with Crippen LogP contribution >= 0.6 is 23.2 Å². The summed E-state index contributed by atoms with van der Waals surface area (Å²) in [5.74, 6) is -2.90. The number of halogens is 2. The minimum atomic E-state index is -3.51. The molecule has 0 aromatic heterocycles. The molecule has 6 nitrogen and oxygen atoms in total. The van der Waals surface area contributed by atoms with Crippen LogP contribution < -0.4 is 0 Å². The van der Waals surface area contributed by atoms with E-state index in [1.165, 1.54) is 0 Å². The van der Waals surface area contributed by atoms with Crippen molar-refractivity contribution in [3.05, 3.63) is 69.7 Å². The van der Waals surface area contributed by atoms with Gasteiger partial charge >= 0.3 is 5.97 Å². The highest BCUT2D eigenvalue weighted by Crippen LogP contribution is 2.48. The standard InChI is InChI=1S/C27H33Cl2NO5S/c1-16(2)24(15-36(34,35)17(3)4)30-26(18-8-10-21(28)11-9-18)23(19-6-5-7-22(29)12-19)13-20(27(30)33)14-25(31)32/h5-12,16-17,20,23-24,26H,13-15H2,1-4H3,(H,31,32)/t20?,23?,24-,26?/m1/s1. The number of carboxylic acid groups (broad SMARTS) is 1. The van der Waals surface area contributed by atoms with Gasteiger partial charge in [-0.1, -0.05) is 61.3 Å². The summed E-state index contributed by atoms with van der Waals surface area (Å²) in [4.78, 5) is 27.3. The first-order valence-corrected chi connectivity index (χ1v) is 14.6. The number of hydrogen-bond donors (Lipinski definition) is 1. The van der Waals surface area contributed by atoms with Crippen molar-refractivity contribution in [2.45, 2.75) is 63.8 Å². The van der Waals surface area contributed by atoms with E-state index in [2.05, 4.69) is 0 Å². The largest absolute Gasteiger partial charge is 0.481 e. The predicted molar refractivity (Wildman–Crippen MR) is 143 cm³/mol. The van der Waals surface area contributed by atoms with Crippen molar-refractivity contribution in [2.75, 3.05) is 5.75 Å². The first-order chi connectivity index (χ1) is 16.8. The Balaban J connectivity index is 2.25. The number of carboxylic acids is 1. The zero-order chi connectivity index (χ0) is 26.8. The Labute approximate surface area is 223 Å². The molecule has 3 rings (SSSR count). The van der Waals surface area contributed by atoms with E-state index in [4.69, 9.17) is 23.2 Å². The van der Waals surface area contributed by atoms with Crippen LogP contribution in [0.5, 0.6) is 0 Å². The fraction of sp³-hybridized carbons (Fsp3) is 0.481. The lowest BCUT2D eigenvalue weighted by atomic mass is 9.74. The van der Waals surface area contributed by atoms with E-state index in [-0.39, 0.29) is 29.9 Å². The van der Waals surface area contributed by atoms with E-state index in [1.807, 2.05) is 44.2 Å². The molecule has 1 fully saturated rings. The first-order valence-electron chi connectivity index (χ1n) is 12.1. The second kappa shape index (κ2) is 11.5. The van der Waals surface area contributed by atoms with Crippen molar-refractivity contribution in [3.63, 3.8) is 0 Å². The van der Waals surface area contributed by atoms with Gasteiger partial charge in [-0.2, -0.15) is 0 Å². The molecule has 1 heterocycles. The van der Waals surface area contributed by atoms with Crippen LogP contribution in [0.15, 0.2) is 48.5 Å². The second-order valence-corrected chi connectivity index (χ2v) is 13.6. The van der Waals surface area contributed by atoms with Crippen molar-refractivity contribution < 1.29 is 23.1 Å². The normalized spacial score (nSPS) is 21.7. The van der Waals surface area contributed by atoms with Crippen molar-refractivity contribution in [3.8, 4) is 0 Å². The van der Waals surface area contributed by atoms with Crippen molar-refractivity contribution >= 4 is 44.9 Å². The Hall–Kier alpha value is -2.09. The number of benzene rings is 2. The Morgan fingerprint density at radius 3 is 2.19 bits per heavy atom. The molecule has 0 aliphatic carbocycles. The Bertz CT molecular complexity index is 1200. The highest BCUT2D eigenvalue weighted by Gasteiger charge is 2.48. The molecule has 0 spiro atoms. The molecule has 2 aromatic carbocycles. The second-order valence-electron chi connectivity index (χ2n) is 10.1. The number of carbonyl (C=O) groups is 2. The lowest BCUT2D eigenvalue weighted by Crippen LogP contribution is -2.56. The van der Waals surface area contributed by atoms with E-state index >= 15 is 0 Å². The molecule has 1 saturated heterocycles. The van der Waals surface area contributed by atoms with Gasteiger partial charge in [-0.05, 0) is 61.6 Å². The monoisotopic (exact) mass is 553 g/mol.